The molecule has 0 spiro atoms. The van der Waals surface area contributed by atoms with Crippen LogP contribution in [0.4, 0.5) is 4.79 Å². The van der Waals surface area contributed by atoms with Crippen molar-refractivity contribution in [2.45, 2.75) is 77.9 Å². The summed E-state index contributed by atoms with van der Waals surface area (Å²) in [6, 6.07) is 6.31. The molecule has 4 nitrogen and oxygen atoms in total. The Bertz CT molecular complexity index is 646. The molecule has 1 aromatic carbocycles. The van der Waals surface area contributed by atoms with Crippen LogP contribution in [0.2, 0.25) is 0 Å². The Morgan fingerprint density at radius 1 is 1.15 bits per heavy atom. The van der Waals surface area contributed by atoms with E-state index in [1.165, 1.54) is 36.8 Å². The molecule has 1 fully saturated rings. The highest BCUT2D eigenvalue weighted by molar-refractivity contribution is 5.73. The van der Waals surface area contributed by atoms with Gasteiger partial charge in [-0.3, -0.25) is 0 Å². The molecular weight excluding hydrogens is 336 g/mol. The molecule has 4 heteroatoms. The lowest BCUT2D eigenvalue weighted by molar-refractivity contribution is -0.0218. The van der Waals surface area contributed by atoms with Crippen molar-refractivity contribution in [3.8, 4) is 0 Å². The van der Waals surface area contributed by atoms with Gasteiger partial charge < -0.3 is 15.7 Å². The summed E-state index contributed by atoms with van der Waals surface area (Å²) in [6.07, 6.45) is 8.03. The SMILES string of the molecule is CC(C)C1CCC(C(C)(O)CNC(=O)NCc2ccc3c(c2)CCC3)CC1. The molecule has 0 heterocycles. The van der Waals surface area contributed by atoms with Crippen LogP contribution in [0.5, 0.6) is 0 Å². The summed E-state index contributed by atoms with van der Waals surface area (Å²) in [6.45, 7) is 7.28. The number of aryl methyl sites for hydroxylation is 2. The minimum Gasteiger partial charge on any atom is -0.388 e. The molecule has 1 saturated carbocycles. The third kappa shape index (κ3) is 5.25. The van der Waals surface area contributed by atoms with Crippen molar-refractivity contribution < 1.29 is 9.90 Å². The molecule has 3 rings (SSSR count). The summed E-state index contributed by atoms with van der Waals surface area (Å²) in [5.74, 6) is 1.77. The van der Waals surface area contributed by atoms with Gasteiger partial charge >= 0.3 is 6.03 Å². The largest absolute Gasteiger partial charge is 0.388 e. The maximum atomic E-state index is 12.2. The van der Waals surface area contributed by atoms with Crippen molar-refractivity contribution in [3.63, 3.8) is 0 Å². The molecule has 3 N–H and O–H groups in total. The van der Waals surface area contributed by atoms with Gasteiger partial charge in [0.05, 0.1) is 5.60 Å². The van der Waals surface area contributed by atoms with Gasteiger partial charge in [0.1, 0.15) is 0 Å². The van der Waals surface area contributed by atoms with Gasteiger partial charge in [-0.05, 0) is 86.3 Å². The highest BCUT2D eigenvalue weighted by Gasteiger charge is 2.35. The van der Waals surface area contributed by atoms with Crippen LogP contribution < -0.4 is 10.6 Å². The normalized spacial score (nSPS) is 24.3. The number of carbonyl (C=O) groups is 1. The van der Waals surface area contributed by atoms with Crippen LogP contribution in [0, 0.1) is 17.8 Å². The van der Waals surface area contributed by atoms with Crippen LogP contribution >= 0.6 is 0 Å². The fourth-order valence-corrected chi connectivity index (χ4v) is 4.79. The first kappa shape index (κ1) is 20.2. The monoisotopic (exact) mass is 372 g/mol. The predicted octanol–water partition coefficient (Wildman–Crippen LogP) is 4.19. The van der Waals surface area contributed by atoms with E-state index in [1.54, 1.807) is 0 Å². The first-order valence-electron chi connectivity index (χ1n) is 10.7. The van der Waals surface area contributed by atoms with Crippen LogP contribution in [0.3, 0.4) is 0 Å². The fourth-order valence-electron chi connectivity index (χ4n) is 4.79. The number of urea groups is 1. The van der Waals surface area contributed by atoms with Gasteiger partial charge in [-0.25, -0.2) is 4.79 Å². The number of fused-ring (bicyclic) bond motifs is 1. The average Bonchev–Trinajstić information content (AvgIpc) is 3.12. The molecule has 2 amide bonds. The van der Waals surface area contributed by atoms with Crippen LogP contribution in [-0.4, -0.2) is 23.3 Å². The number of nitrogens with one attached hydrogen (secondary N) is 2. The average molecular weight is 373 g/mol. The van der Waals surface area contributed by atoms with Crippen LogP contribution in [0.25, 0.3) is 0 Å². The summed E-state index contributed by atoms with van der Waals surface area (Å²) in [5.41, 5.74) is 3.18. The van der Waals surface area contributed by atoms with Crippen molar-refractivity contribution in [3.05, 3.63) is 34.9 Å². The molecule has 27 heavy (non-hydrogen) atoms. The van der Waals surface area contributed by atoms with Crippen molar-refractivity contribution in [1.29, 1.82) is 0 Å². The second-order valence-corrected chi connectivity index (χ2v) is 9.21. The van der Waals surface area contributed by atoms with Crippen molar-refractivity contribution in [1.82, 2.24) is 10.6 Å². The Morgan fingerprint density at radius 2 is 1.85 bits per heavy atom. The number of amides is 2. The Hall–Kier alpha value is -1.55. The van der Waals surface area contributed by atoms with Crippen molar-refractivity contribution in [2.24, 2.45) is 17.8 Å². The van der Waals surface area contributed by atoms with Gasteiger partial charge in [-0.2, -0.15) is 0 Å². The topological polar surface area (TPSA) is 61.4 Å². The second kappa shape index (κ2) is 8.64. The van der Waals surface area contributed by atoms with Gasteiger partial charge in [-0.15, -0.1) is 0 Å². The molecule has 0 aromatic heterocycles. The van der Waals surface area contributed by atoms with E-state index >= 15 is 0 Å². The number of carbonyl (C=O) groups excluding carboxylic acids is 1. The molecule has 1 unspecified atom stereocenters. The van der Waals surface area contributed by atoms with Gasteiger partial charge in [0.15, 0.2) is 0 Å². The Labute approximate surface area is 164 Å². The molecule has 0 radical (unpaired) electrons. The van der Waals surface area contributed by atoms with E-state index in [1.807, 2.05) is 6.92 Å². The smallest absolute Gasteiger partial charge is 0.315 e. The number of hydrogen-bond acceptors (Lipinski definition) is 2. The first-order valence-corrected chi connectivity index (χ1v) is 10.7. The zero-order valence-electron chi connectivity index (χ0n) is 17.2. The number of hydrogen-bond donors (Lipinski definition) is 3. The molecule has 2 aliphatic rings. The van der Waals surface area contributed by atoms with Crippen molar-refractivity contribution in [2.75, 3.05) is 6.54 Å². The van der Waals surface area contributed by atoms with Crippen LogP contribution in [-0.2, 0) is 19.4 Å². The molecule has 0 bridgehead atoms. The van der Waals surface area contributed by atoms with Gasteiger partial charge in [0.2, 0.25) is 0 Å². The first-order chi connectivity index (χ1) is 12.8. The molecular formula is C23H36N2O2. The maximum Gasteiger partial charge on any atom is 0.315 e. The van der Waals surface area contributed by atoms with E-state index in [0.29, 0.717) is 13.1 Å². The van der Waals surface area contributed by atoms with E-state index < -0.39 is 5.60 Å². The van der Waals surface area contributed by atoms with Crippen molar-refractivity contribution >= 4 is 6.03 Å². The maximum absolute atomic E-state index is 12.2. The second-order valence-electron chi connectivity index (χ2n) is 9.21. The Kier molecular flexibility index (Phi) is 6.46. The minimum absolute atomic E-state index is 0.202. The predicted molar refractivity (Wildman–Crippen MR) is 110 cm³/mol. The molecule has 2 aliphatic carbocycles. The zero-order chi connectivity index (χ0) is 19.4. The van der Waals surface area contributed by atoms with Gasteiger partial charge in [-0.1, -0.05) is 32.0 Å². The summed E-state index contributed by atoms with van der Waals surface area (Å²) in [5, 5.41) is 16.7. The molecule has 0 aliphatic heterocycles. The Morgan fingerprint density at radius 3 is 2.56 bits per heavy atom. The minimum atomic E-state index is -0.840. The van der Waals surface area contributed by atoms with Crippen LogP contribution in [0.1, 0.15) is 69.6 Å². The van der Waals surface area contributed by atoms with E-state index in [4.69, 9.17) is 0 Å². The number of rotatable bonds is 6. The summed E-state index contributed by atoms with van der Waals surface area (Å²) in [4.78, 5) is 12.2. The lowest BCUT2D eigenvalue weighted by Crippen LogP contribution is -2.49. The lowest BCUT2D eigenvalue weighted by Gasteiger charge is -2.39. The number of aliphatic hydroxyl groups is 1. The molecule has 150 valence electrons. The molecule has 0 saturated heterocycles. The highest BCUT2D eigenvalue weighted by atomic mass is 16.3. The fraction of sp³-hybridized carbons (Fsp3) is 0.696. The highest BCUT2D eigenvalue weighted by Crippen LogP contribution is 2.38. The third-order valence-electron chi connectivity index (χ3n) is 6.82. The molecule has 1 atom stereocenters. The standard InChI is InChI=1S/C23H36N2O2/c1-16(2)18-9-11-21(12-10-18)23(3,27)15-25-22(26)24-14-17-7-8-19-5-4-6-20(19)13-17/h7-8,13,16,18,21,27H,4-6,9-12,14-15H2,1-3H3,(H2,24,25,26). The zero-order valence-corrected chi connectivity index (χ0v) is 17.2. The quantitative estimate of drug-likeness (QED) is 0.701. The van der Waals surface area contributed by atoms with E-state index in [-0.39, 0.29) is 11.9 Å². The summed E-state index contributed by atoms with van der Waals surface area (Å²) in [7, 11) is 0. The summed E-state index contributed by atoms with van der Waals surface area (Å²) < 4.78 is 0. The van der Waals surface area contributed by atoms with Crippen LogP contribution in [0.15, 0.2) is 18.2 Å². The van der Waals surface area contributed by atoms with E-state index in [9.17, 15) is 9.90 Å². The lowest BCUT2D eigenvalue weighted by atomic mass is 9.71. The van der Waals surface area contributed by atoms with Gasteiger partial charge in [0, 0.05) is 13.1 Å². The van der Waals surface area contributed by atoms with E-state index in [0.717, 1.165) is 36.7 Å². The Balaban J connectivity index is 1.41. The third-order valence-corrected chi connectivity index (χ3v) is 6.82. The van der Waals surface area contributed by atoms with E-state index in [2.05, 4.69) is 42.7 Å². The molecule has 1 aromatic rings. The summed E-state index contributed by atoms with van der Waals surface area (Å²) >= 11 is 0. The van der Waals surface area contributed by atoms with Gasteiger partial charge in [0.25, 0.3) is 0 Å². The number of benzene rings is 1.